The average Bonchev–Trinajstić information content (AvgIpc) is 2.39. The maximum Gasteiger partial charge on any atom is 0.0688 e. The fourth-order valence-electron chi connectivity index (χ4n) is 2.90. The minimum absolute atomic E-state index is 0.318. The third kappa shape index (κ3) is 0.859. The Morgan fingerprint density at radius 1 is 1.45 bits per heavy atom. The van der Waals surface area contributed by atoms with Crippen LogP contribution in [0.25, 0.3) is 0 Å². The van der Waals surface area contributed by atoms with Gasteiger partial charge in [-0.2, -0.15) is 0 Å². The van der Waals surface area contributed by atoms with Crippen LogP contribution in [0.15, 0.2) is 0 Å². The summed E-state index contributed by atoms with van der Waals surface area (Å²) in [5.41, 5.74) is 0.406. The summed E-state index contributed by atoms with van der Waals surface area (Å²) in [5.74, 6) is 0.454. The number of ether oxygens (including phenoxy) is 1. The molecule has 0 saturated heterocycles. The van der Waals surface area contributed by atoms with Gasteiger partial charge in [-0.05, 0) is 12.8 Å². The van der Waals surface area contributed by atoms with Crippen molar-refractivity contribution in [3.63, 3.8) is 0 Å². The van der Waals surface area contributed by atoms with Crippen LogP contribution in [0.3, 0.4) is 0 Å². The molecule has 2 fully saturated rings. The Hall–Kier alpha value is -0.0800. The van der Waals surface area contributed by atoms with E-state index < -0.39 is 0 Å². The zero-order chi connectivity index (χ0) is 7.90. The molecule has 0 unspecified atom stereocenters. The van der Waals surface area contributed by atoms with Crippen LogP contribution in [0.2, 0.25) is 0 Å². The van der Waals surface area contributed by atoms with Gasteiger partial charge in [0, 0.05) is 25.0 Å². The van der Waals surface area contributed by atoms with Gasteiger partial charge in [-0.25, -0.2) is 0 Å². The summed E-state index contributed by atoms with van der Waals surface area (Å²) in [6, 6.07) is 0. The monoisotopic (exact) mass is 156 g/mol. The molecule has 0 aromatic carbocycles. The summed E-state index contributed by atoms with van der Waals surface area (Å²) in [4.78, 5) is 0. The SMILES string of the molecule is CO[C@@H]1[C@@H](CO)C12CCCC2. The lowest BCUT2D eigenvalue weighted by Crippen LogP contribution is -2.02. The van der Waals surface area contributed by atoms with Gasteiger partial charge in [-0.15, -0.1) is 0 Å². The van der Waals surface area contributed by atoms with E-state index in [1.54, 1.807) is 7.11 Å². The van der Waals surface area contributed by atoms with Crippen LogP contribution in [0.4, 0.5) is 0 Å². The molecule has 0 amide bonds. The summed E-state index contributed by atoms with van der Waals surface area (Å²) < 4.78 is 5.34. The van der Waals surface area contributed by atoms with Crippen molar-refractivity contribution < 1.29 is 9.84 Å². The lowest BCUT2D eigenvalue weighted by Gasteiger charge is -2.05. The van der Waals surface area contributed by atoms with Crippen LogP contribution in [0, 0.1) is 11.3 Å². The number of hydrogen-bond acceptors (Lipinski definition) is 2. The van der Waals surface area contributed by atoms with E-state index in [0.717, 1.165) is 0 Å². The fourth-order valence-corrected chi connectivity index (χ4v) is 2.90. The second-order valence-electron chi connectivity index (χ2n) is 3.89. The van der Waals surface area contributed by atoms with Crippen molar-refractivity contribution in [1.82, 2.24) is 0 Å². The summed E-state index contributed by atoms with van der Waals surface area (Å²) in [6.07, 6.45) is 5.58. The first-order valence-electron chi connectivity index (χ1n) is 4.49. The first-order valence-corrected chi connectivity index (χ1v) is 4.49. The van der Waals surface area contributed by atoms with Crippen molar-refractivity contribution in [2.75, 3.05) is 13.7 Å². The molecular formula is C9H16O2. The molecule has 0 bridgehead atoms. The molecule has 2 nitrogen and oxygen atoms in total. The molecule has 0 aromatic rings. The van der Waals surface area contributed by atoms with Gasteiger partial charge >= 0.3 is 0 Å². The van der Waals surface area contributed by atoms with Crippen molar-refractivity contribution in [1.29, 1.82) is 0 Å². The molecule has 1 spiro atoms. The molecule has 2 atom stereocenters. The molecule has 2 aliphatic rings. The molecule has 2 rings (SSSR count). The molecule has 0 aliphatic heterocycles. The fraction of sp³-hybridized carbons (Fsp3) is 1.00. The Bertz CT molecular complexity index is 138. The van der Waals surface area contributed by atoms with E-state index in [0.29, 0.717) is 24.0 Å². The van der Waals surface area contributed by atoms with Crippen LogP contribution < -0.4 is 0 Å². The third-order valence-electron chi connectivity index (χ3n) is 3.55. The van der Waals surface area contributed by atoms with E-state index in [4.69, 9.17) is 9.84 Å². The quantitative estimate of drug-likeness (QED) is 0.650. The van der Waals surface area contributed by atoms with Crippen molar-refractivity contribution >= 4 is 0 Å². The summed E-state index contributed by atoms with van der Waals surface area (Å²) in [6.45, 7) is 0.318. The Balaban J connectivity index is 2.04. The van der Waals surface area contributed by atoms with E-state index in [9.17, 15) is 0 Å². The van der Waals surface area contributed by atoms with E-state index in [1.165, 1.54) is 25.7 Å². The standard InChI is InChI=1S/C9H16O2/c1-11-8-7(6-10)9(8)4-2-3-5-9/h7-8,10H,2-6H2,1H3/t7-,8-/m1/s1. The average molecular weight is 156 g/mol. The summed E-state index contributed by atoms with van der Waals surface area (Å²) in [7, 11) is 1.76. The largest absolute Gasteiger partial charge is 0.396 e. The highest BCUT2D eigenvalue weighted by atomic mass is 16.5. The van der Waals surface area contributed by atoms with Gasteiger partial charge in [-0.1, -0.05) is 12.8 Å². The van der Waals surface area contributed by atoms with E-state index >= 15 is 0 Å². The van der Waals surface area contributed by atoms with Crippen molar-refractivity contribution in [3.8, 4) is 0 Å². The highest BCUT2D eigenvalue weighted by Crippen LogP contribution is 2.63. The number of methoxy groups -OCH3 is 1. The predicted octanol–water partition coefficient (Wildman–Crippen LogP) is 1.18. The molecule has 2 aliphatic carbocycles. The maximum absolute atomic E-state index is 9.05. The van der Waals surface area contributed by atoms with Crippen LogP contribution in [-0.4, -0.2) is 24.9 Å². The number of rotatable bonds is 2. The first-order chi connectivity index (χ1) is 5.35. The van der Waals surface area contributed by atoms with E-state index in [-0.39, 0.29) is 0 Å². The van der Waals surface area contributed by atoms with Crippen LogP contribution in [-0.2, 0) is 4.74 Å². The minimum Gasteiger partial charge on any atom is -0.396 e. The first kappa shape index (κ1) is 7.56. The summed E-state index contributed by atoms with van der Waals surface area (Å²) in [5, 5.41) is 9.05. The van der Waals surface area contributed by atoms with E-state index in [1.807, 2.05) is 0 Å². The predicted molar refractivity (Wildman–Crippen MR) is 42.3 cm³/mol. The molecule has 0 radical (unpaired) electrons. The number of aliphatic hydroxyl groups is 1. The Morgan fingerprint density at radius 2 is 2.09 bits per heavy atom. The lowest BCUT2D eigenvalue weighted by atomic mass is 10.0. The zero-order valence-electron chi connectivity index (χ0n) is 7.05. The Kier molecular flexibility index (Phi) is 1.69. The molecule has 2 heteroatoms. The van der Waals surface area contributed by atoms with Crippen molar-refractivity contribution in [3.05, 3.63) is 0 Å². The topological polar surface area (TPSA) is 29.5 Å². The smallest absolute Gasteiger partial charge is 0.0688 e. The molecule has 0 aromatic heterocycles. The molecule has 11 heavy (non-hydrogen) atoms. The Morgan fingerprint density at radius 3 is 2.45 bits per heavy atom. The van der Waals surface area contributed by atoms with Gasteiger partial charge in [0.05, 0.1) is 6.10 Å². The molecular weight excluding hydrogens is 140 g/mol. The zero-order valence-corrected chi connectivity index (χ0v) is 7.05. The molecule has 2 saturated carbocycles. The van der Waals surface area contributed by atoms with Crippen molar-refractivity contribution in [2.45, 2.75) is 31.8 Å². The van der Waals surface area contributed by atoms with Gasteiger partial charge in [0.1, 0.15) is 0 Å². The van der Waals surface area contributed by atoms with Crippen LogP contribution in [0.1, 0.15) is 25.7 Å². The number of aliphatic hydroxyl groups excluding tert-OH is 1. The van der Waals surface area contributed by atoms with Crippen molar-refractivity contribution in [2.24, 2.45) is 11.3 Å². The molecule has 0 heterocycles. The molecule has 1 N–H and O–H groups in total. The normalized spacial score (nSPS) is 39.8. The van der Waals surface area contributed by atoms with E-state index in [2.05, 4.69) is 0 Å². The van der Waals surface area contributed by atoms with Crippen LogP contribution >= 0.6 is 0 Å². The van der Waals surface area contributed by atoms with Gasteiger partial charge in [0.15, 0.2) is 0 Å². The van der Waals surface area contributed by atoms with Gasteiger partial charge in [-0.3, -0.25) is 0 Å². The van der Waals surface area contributed by atoms with Gasteiger partial charge in [0.2, 0.25) is 0 Å². The third-order valence-corrected chi connectivity index (χ3v) is 3.55. The lowest BCUT2D eigenvalue weighted by molar-refractivity contribution is 0.135. The number of hydrogen-bond donors (Lipinski definition) is 1. The Labute approximate surface area is 67.6 Å². The summed E-state index contributed by atoms with van der Waals surface area (Å²) >= 11 is 0. The second kappa shape index (κ2) is 2.46. The highest BCUT2D eigenvalue weighted by molar-refractivity contribution is 5.13. The molecule has 64 valence electrons. The minimum atomic E-state index is 0.318. The van der Waals surface area contributed by atoms with Crippen LogP contribution in [0.5, 0.6) is 0 Å². The highest BCUT2D eigenvalue weighted by Gasteiger charge is 2.65. The second-order valence-corrected chi connectivity index (χ2v) is 3.89. The van der Waals surface area contributed by atoms with Gasteiger partial charge < -0.3 is 9.84 Å². The van der Waals surface area contributed by atoms with Gasteiger partial charge in [0.25, 0.3) is 0 Å². The maximum atomic E-state index is 9.05.